The third-order valence-corrected chi connectivity index (χ3v) is 4.75. The van der Waals surface area contributed by atoms with Gasteiger partial charge in [0.1, 0.15) is 0 Å². The lowest BCUT2D eigenvalue weighted by molar-refractivity contribution is -0.137. The number of hydrogen-bond donors (Lipinski definition) is 3. The van der Waals surface area contributed by atoms with E-state index in [1.165, 1.54) is 12.1 Å². The Bertz CT molecular complexity index is 832. The molecule has 2 heterocycles. The fourth-order valence-corrected chi connectivity index (χ4v) is 3.55. The number of benzene rings is 2. The summed E-state index contributed by atoms with van der Waals surface area (Å²) in [5.41, 5.74) is 2.94. The second kappa shape index (κ2) is 5.40. The number of alkyl halides is 3. The van der Waals surface area contributed by atoms with Crippen LogP contribution in [-0.2, 0) is 6.18 Å². The molecule has 2 amide bonds. The van der Waals surface area contributed by atoms with Crippen LogP contribution in [-0.4, -0.2) is 12.1 Å². The Kier molecular flexibility index (Phi) is 3.42. The summed E-state index contributed by atoms with van der Waals surface area (Å²) in [6.07, 6.45) is -4.37. The minimum Gasteiger partial charge on any atom is -0.376 e. The lowest BCUT2D eigenvalue weighted by Crippen LogP contribution is -2.41. The maximum atomic E-state index is 12.8. The maximum Gasteiger partial charge on any atom is 0.416 e. The molecule has 3 N–H and O–H groups in total. The molecule has 0 unspecified atom stereocenters. The van der Waals surface area contributed by atoms with Gasteiger partial charge >= 0.3 is 12.2 Å². The third-order valence-electron chi connectivity index (χ3n) is 4.75. The summed E-state index contributed by atoms with van der Waals surface area (Å²) in [4.78, 5) is 11.9. The van der Waals surface area contributed by atoms with Crippen LogP contribution in [0.3, 0.4) is 0 Å². The predicted molar refractivity (Wildman–Crippen MR) is 87.2 cm³/mol. The van der Waals surface area contributed by atoms with Crippen LogP contribution in [0, 0.1) is 6.92 Å². The van der Waals surface area contributed by atoms with Crippen LogP contribution in [0.25, 0.3) is 0 Å². The van der Waals surface area contributed by atoms with E-state index in [9.17, 15) is 18.0 Å². The molecule has 1 fully saturated rings. The second-order valence-electron chi connectivity index (χ2n) is 6.45. The summed E-state index contributed by atoms with van der Waals surface area (Å²) in [7, 11) is 0. The average Bonchev–Trinajstić information content (AvgIpc) is 2.95. The molecule has 25 heavy (non-hydrogen) atoms. The number of carbonyl (C=O) groups excluding carboxylic acids is 1. The van der Waals surface area contributed by atoms with Gasteiger partial charge in [0.25, 0.3) is 0 Å². The van der Waals surface area contributed by atoms with Crippen molar-refractivity contribution in [3.05, 3.63) is 64.7 Å². The van der Waals surface area contributed by atoms with Crippen LogP contribution < -0.4 is 16.0 Å². The lowest BCUT2D eigenvalue weighted by Gasteiger charge is -2.36. The number of fused-ring (bicyclic) bond motifs is 3. The van der Waals surface area contributed by atoms with Gasteiger partial charge in [0.15, 0.2) is 0 Å². The highest BCUT2D eigenvalue weighted by atomic mass is 19.4. The van der Waals surface area contributed by atoms with Crippen LogP contribution in [0.2, 0.25) is 0 Å². The minimum absolute atomic E-state index is 0.226. The summed E-state index contributed by atoms with van der Waals surface area (Å²) < 4.78 is 38.3. The first kappa shape index (κ1) is 15.8. The van der Waals surface area contributed by atoms with Crippen LogP contribution in [0.1, 0.15) is 34.3 Å². The monoisotopic (exact) mass is 347 g/mol. The molecule has 0 saturated carbocycles. The van der Waals surface area contributed by atoms with Crippen LogP contribution in [0.15, 0.2) is 42.5 Å². The first-order chi connectivity index (χ1) is 11.8. The Hall–Kier alpha value is -2.70. The van der Waals surface area contributed by atoms with Crippen molar-refractivity contribution < 1.29 is 18.0 Å². The molecule has 0 aliphatic carbocycles. The number of hydrogen-bond acceptors (Lipinski definition) is 2. The normalized spacial score (nSPS) is 24.6. The molecule has 3 atom stereocenters. The zero-order valence-corrected chi connectivity index (χ0v) is 13.3. The Labute approximate surface area is 142 Å². The van der Waals surface area contributed by atoms with E-state index in [1.54, 1.807) is 0 Å². The van der Waals surface area contributed by atoms with Crippen molar-refractivity contribution >= 4 is 11.7 Å². The number of amides is 2. The van der Waals surface area contributed by atoms with Crippen molar-refractivity contribution in [1.29, 1.82) is 0 Å². The van der Waals surface area contributed by atoms with Gasteiger partial charge in [0.2, 0.25) is 0 Å². The van der Waals surface area contributed by atoms with E-state index < -0.39 is 11.7 Å². The summed E-state index contributed by atoms with van der Waals surface area (Å²) in [5.74, 6) is 0. The quantitative estimate of drug-likeness (QED) is 0.733. The van der Waals surface area contributed by atoms with Gasteiger partial charge in [-0.1, -0.05) is 29.8 Å². The Morgan fingerprint density at radius 1 is 0.920 bits per heavy atom. The predicted octanol–water partition coefficient (Wildman–Crippen LogP) is 3.90. The summed E-state index contributed by atoms with van der Waals surface area (Å²) in [6, 6.07) is 9.86. The molecule has 2 aromatic carbocycles. The van der Waals surface area contributed by atoms with Crippen molar-refractivity contribution in [1.82, 2.24) is 10.6 Å². The molecular formula is C18H16F3N3O. The molecule has 0 spiro atoms. The molecule has 7 heteroatoms. The topological polar surface area (TPSA) is 53.2 Å². The lowest BCUT2D eigenvalue weighted by atomic mass is 9.85. The van der Waals surface area contributed by atoms with Gasteiger partial charge in [-0.2, -0.15) is 13.2 Å². The second-order valence-corrected chi connectivity index (χ2v) is 6.45. The van der Waals surface area contributed by atoms with Gasteiger partial charge < -0.3 is 16.0 Å². The Morgan fingerprint density at radius 2 is 1.64 bits per heavy atom. The van der Waals surface area contributed by atoms with Crippen LogP contribution in [0.4, 0.5) is 23.7 Å². The molecule has 4 nitrogen and oxygen atoms in total. The fourth-order valence-electron chi connectivity index (χ4n) is 3.55. The maximum absolute atomic E-state index is 12.8. The molecule has 2 aliphatic rings. The van der Waals surface area contributed by atoms with Gasteiger partial charge in [-0.25, -0.2) is 4.79 Å². The van der Waals surface area contributed by atoms with Gasteiger partial charge in [-0.15, -0.1) is 0 Å². The fraction of sp³-hybridized carbons (Fsp3) is 0.278. The molecule has 0 radical (unpaired) electrons. The van der Waals surface area contributed by atoms with Gasteiger partial charge in [0, 0.05) is 11.3 Å². The van der Waals surface area contributed by atoms with Crippen LogP contribution in [0.5, 0.6) is 0 Å². The van der Waals surface area contributed by atoms with Crippen molar-refractivity contribution in [2.75, 3.05) is 5.32 Å². The standard InChI is InChI=1S/C18H16F3N3O/c1-9-2-7-13-12(8-9)15-16(24-17(25)23-15)14(22-13)10-3-5-11(6-4-10)18(19,20)21/h2-8,14-16,22H,1H3,(H2,23,24,25)/t14-,15+,16-/m0/s1. The number of anilines is 1. The van der Waals surface area contributed by atoms with Crippen molar-refractivity contribution in [2.45, 2.75) is 31.2 Å². The highest BCUT2D eigenvalue weighted by molar-refractivity contribution is 5.80. The summed E-state index contributed by atoms with van der Waals surface area (Å²) in [5, 5.41) is 9.13. The highest BCUT2D eigenvalue weighted by Crippen LogP contribution is 2.41. The van der Waals surface area contributed by atoms with E-state index in [1.807, 2.05) is 25.1 Å². The van der Waals surface area contributed by atoms with E-state index in [0.717, 1.165) is 28.9 Å². The number of halogens is 3. The Balaban J connectivity index is 1.73. The third kappa shape index (κ3) is 2.69. The number of urea groups is 1. The first-order valence-corrected chi connectivity index (χ1v) is 7.94. The number of nitrogens with one attached hydrogen (secondary N) is 3. The smallest absolute Gasteiger partial charge is 0.376 e. The first-order valence-electron chi connectivity index (χ1n) is 7.94. The zero-order chi connectivity index (χ0) is 17.8. The largest absolute Gasteiger partial charge is 0.416 e. The Morgan fingerprint density at radius 3 is 2.32 bits per heavy atom. The van der Waals surface area contributed by atoms with E-state index >= 15 is 0 Å². The molecule has 130 valence electrons. The average molecular weight is 347 g/mol. The molecule has 0 bridgehead atoms. The van der Waals surface area contributed by atoms with Crippen LogP contribution >= 0.6 is 0 Å². The molecule has 2 aliphatic heterocycles. The van der Waals surface area contributed by atoms with E-state index in [2.05, 4.69) is 16.0 Å². The van der Waals surface area contributed by atoms with Gasteiger partial charge in [0.05, 0.1) is 23.7 Å². The number of aryl methyl sites for hydroxylation is 1. The van der Waals surface area contributed by atoms with Crippen molar-refractivity contribution in [2.24, 2.45) is 0 Å². The number of rotatable bonds is 1. The zero-order valence-electron chi connectivity index (χ0n) is 13.3. The molecule has 4 rings (SSSR count). The summed E-state index contributed by atoms with van der Waals surface area (Å²) >= 11 is 0. The van der Waals surface area contributed by atoms with E-state index in [-0.39, 0.29) is 24.2 Å². The minimum atomic E-state index is -4.37. The summed E-state index contributed by atoms with van der Waals surface area (Å²) in [6.45, 7) is 1.97. The van der Waals surface area contributed by atoms with E-state index in [4.69, 9.17) is 0 Å². The SMILES string of the molecule is Cc1ccc2c(c1)[C@H]1NC(=O)N[C@H]1[C@H](c1ccc(C(F)(F)F)cc1)N2. The molecule has 2 aromatic rings. The number of carbonyl (C=O) groups is 1. The van der Waals surface area contributed by atoms with Crippen molar-refractivity contribution in [3.63, 3.8) is 0 Å². The molecular weight excluding hydrogens is 331 g/mol. The van der Waals surface area contributed by atoms with Crippen molar-refractivity contribution in [3.8, 4) is 0 Å². The molecule has 1 saturated heterocycles. The molecule has 0 aromatic heterocycles. The van der Waals surface area contributed by atoms with Gasteiger partial charge in [-0.05, 0) is 30.7 Å². The van der Waals surface area contributed by atoms with E-state index in [0.29, 0.717) is 5.56 Å². The van der Waals surface area contributed by atoms with Gasteiger partial charge in [-0.3, -0.25) is 0 Å². The highest BCUT2D eigenvalue weighted by Gasteiger charge is 2.43.